The Bertz CT molecular complexity index is 324. The lowest BCUT2D eigenvalue weighted by atomic mass is 9.82. The molecule has 0 aromatic heterocycles. The van der Waals surface area contributed by atoms with Gasteiger partial charge in [0, 0.05) is 19.0 Å². The molecule has 118 valence electrons. The van der Waals surface area contributed by atoms with Crippen molar-refractivity contribution in [2.45, 2.75) is 52.0 Å². The number of rotatable bonds is 6. The van der Waals surface area contributed by atoms with Gasteiger partial charge in [0.15, 0.2) is 0 Å². The fourth-order valence-corrected chi connectivity index (χ4v) is 2.73. The van der Waals surface area contributed by atoms with Gasteiger partial charge in [-0.2, -0.15) is 0 Å². The third-order valence-electron chi connectivity index (χ3n) is 3.69. The molecule has 0 aliphatic heterocycles. The predicted octanol–water partition coefficient (Wildman–Crippen LogP) is 1.29. The van der Waals surface area contributed by atoms with E-state index in [2.05, 4.69) is 0 Å². The Balaban J connectivity index is 0.00000361. The number of carbonyl (C=O) groups is 2. The third kappa shape index (κ3) is 6.57. The zero-order valence-corrected chi connectivity index (χ0v) is 13.3. The zero-order chi connectivity index (χ0) is 14.4. The van der Waals surface area contributed by atoms with Crippen LogP contribution in [0.15, 0.2) is 0 Å². The second-order valence-electron chi connectivity index (χ2n) is 6.05. The smallest absolute Gasteiger partial charge is 0.237 e. The minimum atomic E-state index is -0.457. The highest BCUT2D eigenvalue weighted by Gasteiger charge is 2.27. The van der Waals surface area contributed by atoms with Crippen molar-refractivity contribution in [3.05, 3.63) is 0 Å². The number of primary amides is 1. The average molecular weight is 306 g/mol. The molecule has 2 amide bonds. The number of nitrogens with zero attached hydrogens (tertiary/aromatic N) is 1. The van der Waals surface area contributed by atoms with E-state index in [-0.39, 0.29) is 36.8 Å². The van der Waals surface area contributed by atoms with E-state index in [0.717, 1.165) is 25.7 Å². The van der Waals surface area contributed by atoms with Crippen molar-refractivity contribution in [1.82, 2.24) is 4.90 Å². The van der Waals surface area contributed by atoms with Crippen LogP contribution in [-0.2, 0) is 9.59 Å². The quantitative estimate of drug-likeness (QED) is 0.775. The van der Waals surface area contributed by atoms with Crippen molar-refractivity contribution >= 4 is 24.2 Å². The molecular weight excluding hydrogens is 278 g/mol. The number of nitrogens with two attached hydrogens (primary N) is 2. The number of hydrogen-bond acceptors (Lipinski definition) is 3. The van der Waals surface area contributed by atoms with E-state index in [9.17, 15) is 9.59 Å². The van der Waals surface area contributed by atoms with Crippen LogP contribution < -0.4 is 11.5 Å². The van der Waals surface area contributed by atoms with E-state index in [1.165, 1.54) is 0 Å². The summed E-state index contributed by atoms with van der Waals surface area (Å²) in [4.78, 5) is 24.9. The number of amides is 2. The molecule has 6 heteroatoms. The molecular formula is C14H28ClN3O2. The van der Waals surface area contributed by atoms with Crippen LogP contribution in [-0.4, -0.2) is 35.8 Å². The standard InChI is InChI=1S/C14H27N3O2.ClH/c1-10(2)8-17(9-13(16)18)14(19)7-11-5-3-4-6-12(11)15;/h10-12H,3-9,15H2,1-2H3,(H2,16,18);1H. The van der Waals surface area contributed by atoms with E-state index in [1.807, 2.05) is 13.8 Å². The van der Waals surface area contributed by atoms with Gasteiger partial charge in [-0.05, 0) is 24.7 Å². The average Bonchev–Trinajstić information content (AvgIpc) is 2.30. The summed E-state index contributed by atoms with van der Waals surface area (Å²) >= 11 is 0. The molecule has 2 atom stereocenters. The van der Waals surface area contributed by atoms with Crippen LogP contribution in [0.3, 0.4) is 0 Å². The fourth-order valence-electron chi connectivity index (χ4n) is 2.73. The van der Waals surface area contributed by atoms with Gasteiger partial charge in [-0.1, -0.05) is 26.7 Å². The maximum absolute atomic E-state index is 12.3. The molecule has 1 rings (SSSR count). The fraction of sp³-hybridized carbons (Fsp3) is 0.857. The number of halogens is 1. The number of carbonyl (C=O) groups excluding carboxylic acids is 2. The lowest BCUT2D eigenvalue weighted by Gasteiger charge is -2.31. The Morgan fingerprint density at radius 2 is 1.85 bits per heavy atom. The third-order valence-corrected chi connectivity index (χ3v) is 3.69. The van der Waals surface area contributed by atoms with Gasteiger partial charge in [0.05, 0.1) is 6.54 Å². The van der Waals surface area contributed by atoms with E-state index < -0.39 is 5.91 Å². The SMILES string of the molecule is CC(C)CN(CC(N)=O)C(=O)CC1CCCCC1N.Cl. The van der Waals surface area contributed by atoms with Gasteiger partial charge >= 0.3 is 0 Å². The summed E-state index contributed by atoms with van der Waals surface area (Å²) in [5, 5.41) is 0. The maximum Gasteiger partial charge on any atom is 0.237 e. The van der Waals surface area contributed by atoms with Crippen molar-refractivity contribution in [2.24, 2.45) is 23.3 Å². The highest BCUT2D eigenvalue weighted by molar-refractivity contribution is 5.85. The minimum Gasteiger partial charge on any atom is -0.368 e. The molecule has 20 heavy (non-hydrogen) atoms. The monoisotopic (exact) mass is 305 g/mol. The van der Waals surface area contributed by atoms with Crippen molar-refractivity contribution in [2.75, 3.05) is 13.1 Å². The molecule has 0 spiro atoms. The molecule has 0 heterocycles. The summed E-state index contributed by atoms with van der Waals surface area (Å²) in [7, 11) is 0. The molecule has 1 saturated carbocycles. The first kappa shape index (κ1) is 19.2. The van der Waals surface area contributed by atoms with E-state index >= 15 is 0 Å². The molecule has 0 aromatic carbocycles. The zero-order valence-electron chi connectivity index (χ0n) is 12.5. The van der Waals surface area contributed by atoms with Crippen LogP contribution in [0.25, 0.3) is 0 Å². The Kier molecular flexibility index (Phi) is 8.81. The summed E-state index contributed by atoms with van der Waals surface area (Å²) in [6, 6.07) is 0.118. The summed E-state index contributed by atoms with van der Waals surface area (Å²) in [6.07, 6.45) is 4.76. The highest BCUT2D eigenvalue weighted by atomic mass is 35.5. The summed E-state index contributed by atoms with van der Waals surface area (Å²) in [5.74, 6) is 0.129. The summed E-state index contributed by atoms with van der Waals surface area (Å²) in [5.41, 5.74) is 11.3. The van der Waals surface area contributed by atoms with Crippen LogP contribution in [0.4, 0.5) is 0 Å². The molecule has 2 unspecified atom stereocenters. The van der Waals surface area contributed by atoms with Gasteiger partial charge in [0.1, 0.15) is 0 Å². The van der Waals surface area contributed by atoms with Gasteiger partial charge in [-0.25, -0.2) is 0 Å². The lowest BCUT2D eigenvalue weighted by Crippen LogP contribution is -2.43. The second kappa shape index (κ2) is 9.19. The van der Waals surface area contributed by atoms with Crippen LogP contribution >= 0.6 is 12.4 Å². The lowest BCUT2D eigenvalue weighted by molar-refractivity contribution is -0.136. The van der Waals surface area contributed by atoms with Gasteiger partial charge in [0.25, 0.3) is 0 Å². The molecule has 1 fully saturated rings. The summed E-state index contributed by atoms with van der Waals surface area (Å²) in [6.45, 7) is 4.63. The topological polar surface area (TPSA) is 89.4 Å². The highest BCUT2D eigenvalue weighted by Crippen LogP contribution is 2.26. The Labute approximate surface area is 127 Å². The molecule has 4 N–H and O–H groups in total. The summed E-state index contributed by atoms with van der Waals surface area (Å²) < 4.78 is 0. The molecule has 1 aliphatic rings. The van der Waals surface area contributed by atoms with Crippen LogP contribution in [0.2, 0.25) is 0 Å². The molecule has 0 aromatic rings. The molecule has 1 aliphatic carbocycles. The Morgan fingerprint density at radius 1 is 1.25 bits per heavy atom. The van der Waals surface area contributed by atoms with E-state index in [0.29, 0.717) is 18.9 Å². The van der Waals surface area contributed by atoms with Crippen LogP contribution in [0, 0.1) is 11.8 Å². The first-order chi connectivity index (χ1) is 8.90. The minimum absolute atomic E-state index is 0. The Morgan fingerprint density at radius 3 is 2.35 bits per heavy atom. The molecule has 5 nitrogen and oxygen atoms in total. The van der Waals surface area contributed by atoms with Gasteiger partial charge in [0.2, 0.25) is 11.8 Å². The van der Waals surface area contributed by atoms with Crippen LogP contribution in [0.1, 0.15) is 46.0 Å². The van der Waals surface area contributed by atoms with Crippen molar-refractivity contribution < 1.29 is 9.59 Å². The first-order valence-corrected chi connectivity index (χ1v) is 7.21. The van der Waals surface area contributed by atoms with E-state index in [4.69, 9.17) is 11.5 Å². The van der Waals surface area contributed by atoms with Gasteiger partial charge in [-0.15, -0.1) is 12.4 Å². The number of hydrogen-bond donors (Lipinski definition) is 2. The van der Waals surface area contributed by atoms with E-state index in [1.54, 1.807) is 4.90 Å². The molecule has 0 radical (unpaired) electrons. The Hall–Kier alpha value is -0.810. The van der Waals surface area contributed by atoms with Crippen molar-refractivity contribution in [1.29, 1.82) is 0 Å². The van der Waals surface area contributed by atoms with Gasteiger partial charge in [-0.3, -0.25) is 9.59 Å². The largest absolute Gasteiger partial charge is 0.368 e. The molecule has 0 bridgehead atoms. The van der Waals surface area contributed by atoms with Crippen molar-refractivity contribution in [3.63, 3.8) is 0 Å². The first-order valence-electron chi connectivity index (χ1n) is 7.21. The maximum atomic E-state index is 12.3. The van der Waals surface area contributed by atoms with Crippen molar-refractivity contribution in [3.8, 4) is 0 Å². The van der Waals surface area contributed by atoms with Gasteiger partial charge < -0.3 is 16.4 Å². The normalized spacial score (nSPS) is 22.2. The second-order valence-corrected chi connectivity index (χ2v) is 6.05. The molecule has 0 saturated heterocycles. The van der Waals surface area contributed by atoms with Crippen LogP contribution in [0.5, 0.6) is 0 Å². The predicted molar refractivity (Wildman–Crippen MR) is 82.4 cm³/mol.